The molecule has 1 aliphatic heterocycles. The molecule has 1 saturated heterocycles. The Morgan fingerprint density at radius 1 is 1.26 bits per heavy atom. The molecular formula is C16H22O3. The third-order valence-electron chi connectivity index (χ3n) is 3.40. The first-order valence-electron chi connectivity index (χ1n) is 6.68. The van der Waals surface area contributed by atoms with Gasteiger partial charge in [0.05, 0.1) is 12.0 Å². The van der Waals surface area contributed by atoms with Crippen molar-refractivity contribution in [3.8, 4) is 0 Å². The van der Waals surface area contributed by atoms with E-state index in [1.165, 1.54) is 0 Å². The summed E-state index contributed by atoms with van der Waals surface area (Å²) in [7, 11) is 0. The molecule has 1 aliphatic rings. The van der Waals surface area contributed by atoms with Gasteiger partial charge in [-0.1, -0.05) is 51.1 Å². The van der Waals surface area contributed by atoms with Gasteiger partial charge in [-0.15, -0.1) is 0 Å². The molecule has 0 saturated carbocycles. The quantitative estimate of drug-likeness (QED) is 0.768. The molecule has 0 aromatic heterocycles. The largest absolute Gasteiger partial charge is 0.435 e. The molecule has 2 rings (SSSR count). The van der Waals surface area contributed by atoms with Gasteiger partial charge in [0.2, 0.25) is 6.29 Å². The highest BCUT2D eigenvalue weighted by atomic mass is 16.7. The predicted octanol–water partition coefficient (Wildman–Crippen LogP) is 3.18. The van der Waals surface area contributed by atoms with Crippen molar-refractivity contribution in [1.29, 1.82) is 0 Å². The summed E-state index contributed by atoms with van der Waals surface area (Å²) >= 11 is 0. The van der Waals surface area contributed by atoms with Crippen LogP contribution in [0, 0.1) is 10.8 Å². The smallest absolute Gasteiger partial charge is 0.316 e. The highest BCUT2D eigenvalue weighted by Crippen LogP contribution is 2.35. The predicted molar refractivity (Wildman–Crippen MR) is 73.5 cm³/mol. The maximum absolute atomic E-state index is 12.3. The third kappa shape index (κ3) is 3.16. The van der Waals surface area contributed by atoms with Crippen LogP contribution in [0.4, 0.5) is 0 Å². The Morgan fingerprint density at radius 3 is 2.42 bits per heavy atom. The number of ether oxygens (including phenoxy) is 2. The Bertz CT molecular complexity index is 447. The summed E-state index contributed by atoms with van der Waals surface area (Å²) in [6.07, 6.45) is 0.188. The monoisotopic (exact) mass is 262 g/mol. The molecule has 3 heteroatoms. The summed E-state index contributed by atoms with van der Waals surface area (Å²) in [5, 5.41) is 0. The molecule has 0 aliphatic carbocycles. The zero-order valence-corrected chi connectivity index (χ0v) is 12.1. The topological polar surface area (TPSA) is 35.5 Å². The number of esters is 1. The van der Waals surface area contributed by atoms with E-state index < -0.39 is 11.7 Å². The number of benzene rings is 1. The minimum atomic E-state index is -0.594. The van der Waals surface area contributed by atoms with Crippen molar-refractivity contribution < 1.29 is 14.3 Å². The average molecular weight is 262 g/mol. The Hall–Kier alpha value is -1.35. The molecule has 0 N–H and O–H groups in total. The highest BCUT2D eigenvalue weighted by Gasteiger charge is 2.45. The van der Waals surface area contributed by atoms with Gasteiger partial charge in [-0.25, -0.2) is 0 Å². The molecule has 3 nitrogen and oxygen atoms in total. The number of hydrogen-bond acceptors (Lipinski definition) is 3. The number of hydrogen-bond donors (Lipinski definition) is 0. The van der Waals surface area contributed by atoms with E-state index in [2.05, 4.69) is 0 Å². The molecule has 0 spiro atoms. The normalized spacial score (nSPS) is 28.0. The molecular weight excluding hydrogens is 240 g/mol. The first-order chi connectivity index (χ1) is 8.81. The van der Waals surface area contributed by atoms with Crippen LogP contribution in [0.3, 0.4) is 0 Å². The standard InChI is InChI=1S/C16H22O3/c1-15(2,3)14-18-11-16(4,13(17)19-14)10-12-8-6-5-7-9-12/h5-9,14H,10-11H2,1-4H3. The van der Waals surface area contributed by atoms with Crippen LogP contribution in [0.25, 0.3) is 0 Å². The first-order valence-corrected chi connectivity index (χ1v) is 6.68. The fraction of sp³-hybridized carbons (Fsp3) is 0.562. The van der Waals surface area contributed by atoms with Crippen molar-refractivity contribution >= 4 is 5.97 Å². The minimum absolute atomic E-state index is 0.164. The minimum Gasteiger partial charge on any atom is -0.435 e. The lowest BCUT2D eigenvalue weighted by Crippen LogP contribution is -2.49. The second kappa shape index (κ2) is 4.97. The van der Waals surface area contributed by atoms with Gasteiger partial charge >= 0.3 is 5.97 Å². The van der Waals surface area contributed by atoms with Crippen LogP contribution in [0.2, 0.25) is 0 Å². The summed E-state index contributed by atoms with van der Waals surface area (Å²) in [5.41, 5.74) is 0.340. The Balaban J connectivity index is 2.08. The van der Waals surface area contributed by atoms with Gasteiger partial charge in [-0.2, -0.15) is 0 Å². The van der Waals surface area contributed by atoms with Crippen molar-refractivity contribution in [2.45, 2.75) is 40.4 Å². The van der Waals surface area contributed by atoms with E-state index in [4.69, 9.17) is 9.47 Å². The molecule has 0 amide bonds. The van der Waals surface area contributed by atoms with Gasteiger partial charge in [0, 0.05) is 5.41 Å². The number of carbonyl (C=O) groups is 1. The van der Waals surface area contributed by atoms with Crippen molar-refractivity contribution in [2.24, 2.45) is 10.8 Å². The lowest BCUT2D eigenvalue weighted by atomic mass is 9.83. The molecule has 1 aromatic rings. The Kier molecular flexibility index (Phi) is 3.68. The van der Waals surface area contributed by atoms with Crippen LogP contribution in [0.15, 0.2) is 30.3 Å². The van der Waals surface area contributed by atoms with Crippen molar-refractivity contribution in [2.75, 3.05) is 6.61 Å². The summed E-state index contributed by atoms with van der Waals surface area (Å²) in [6.45, 7) is 8.32. The van der Waals surface area contributed by atoms with Gasteiger partial charge < -0.3 is 9.47 Å². The summed E-state index contributed by atoms with van der Waals surface area (Å²) in [4.78, 5) is 12.3. The van der Waals surface area contributed by atoms with Crippen LogP contribution in [0.1, 0.15) is 33.3 Å². The Morgan fingerprint density at radius 2 is 1.89 bits per heavy atom. The molecule has 19 heavy (non-hydrogen) atoms. The Labute approximate surface area is 114 Å². The first kappa shape index (κ1) is 14.1. The molecule has 0 radical (unpaired) electrons. The van der Waals surface area contributed by atoms with E-state index in [1.54, 1.807) is 0 Å². The van der Waals surface area contributed by atoms with Gasteiger partial charge in [0.1, 0.15) is 0 Å². The van der Waals surface area contributed by atoms with Crippen LogP contribution >= 0.6 is 0 Å². The van der Waals surface area contributed by atoms with Crippen LogP contribution in [-0.4, -0.2) is 18.9 Å². The lowest BCUT2D eigenvalue weighted by Gasteiger charge is -2.40. The average Bonchev–Trinajstić information content (AvgIpc) is 2.33. The fourth-order valence-corrected chi connectivity index (χ4v) is 2.19. The van der Waals surface area contributed by atoms with Gasteiger partial charge in [-0.3, -0.25) is 4.79 Å². The van der Waals surface area contributed by atoms with E-state index in [1.807, 2.05) is 58.0 Å². The van der Waals surface area contributed by atoms with Crippen molar-refractivity contribution in [3.63, 3.8) is 0 Å². The molecule has 2 unspecified atom stereocenters. The zero-order chi connectivity index (χ0) is 14.1. The van der Waals surface area contributed by atoms with Crippen LogP contribution in [0.5, 0.6) is 0 Å². The highest BCUT2D eigenvalue weighted by molar-refractivity contribution is 5.77. The van der Waals surface area contributed by atoms with Gasteiger partial charge in [0.15, 0.2) is 0 Å². The van der Waals surface area contributed by atoms with E-state index in [-0.39, 0.29) is 11.4 Å². The lowest BCUT2D eigenvalue weighted by molar-refractivity contribution is -0.248. The summed E-state index contributed by atoms with van der Waals surface area (Å²) in [6, 6.07) is 9.97. The van der Waals surface area contributed by atoms with Gasteiger partial charge in [-0.05, 0) is 18.9 Å². The second-order valence-electron chi connectivity index (χ2n) is 6.64. The summed E-state index contributed by atoms with van der Waals surface area (Å²) < 4.78 is 11.2. The van der Waals surface area contributed by atoms with Crippen molar-refractivity contribution in [1.82, 2.24) is 0 Å². The second-order valence-corrected chi connectivity index (χ2v) is 6.64. The maximum atomic E-state index is 12.3. The SMILES string of the molecule is CC1(Cc2ccccc2)COC(C(C)(C)C)OC1=O. The molecule has 104 valence electrons. The zero-order valence-electron chi connectivity index (χ0n) is 12.1. The molecule has 1 heterocycles. The summed E-state index contributed by atoms with van der Waals surface area (Å²) in [5.74, 6) is -0.164. The molecule has 0 bridgehead atoms. The molecule has 2 atom stereocenters. The van der Waals surface area contributed by atoms with E-state index >= 15 is 0 Å². The van der Waals surface area contributed by atoms with E-state index in [0.717, 1.165) is 5.56 Å². The number of rotatable bonds is 2. The number of carbonyl (C=O) groups excluding carboxylic acids is 1. The van der Waals surface area contributed by atoms with E-state index in [0.29, 0.717) is 13.0 Å². The van der Waals surface area contributed by atoms with Crippen LogP contribution in [-0.2, 0) is 20.7 Å². The maximum Gasteiger partial charge on any atom is 0.316 e. The van der Waals surface area contributed by atoms with Crippen LogP contribution < -0.4 is 0 Å². The third-order valence-corrected chi connectivity index (χ3v) is 3.40. The molecule has 1 aromatic carbocycles. The fourth-order valence-electron chi connectivity index (χ4n) is 2.19. The number of cyclic esters (lactones) is 1. The van der Waals surface area contributed by atoms with E-state index in [9.17, 15) is 4.79 Å². The molecule has 1 fully saturated rings. The van der Waals surface area contributed by atoms with Gasteiger partial charge in [0.25, 0.3) is 0 Å². The van der Waals surface area contributed by atoms with Crippen molar-refractivity contribution in [3.05, 3.63) is 35.9 Å².